The van der Waals surface area contributed by atoms with Crippen LogP contribution in [0.15, 0.2) is 12.7 Å². The molecule has 3 aliphatic heterocycles. The maximum Gasteiger partial charge on any atom is 0.303 e. The smallest absolute Gasteiger partial charge is 0.303 e. The number of unbranched alkanes of at least 4 members (excludes halogenated alkanes) is 3. The summed E-state index contributed by atoms with van der Waals surface area (Å²) in [4.78, 5) is 33.6. The number of aliphatic carboxylic acids is 1. The SMILES string of the molecule is C=CC(=O)NCC(=O)NC[C@H]1[C@@H](CCCCCCC(=O)O)[C@@H]2O[C@H]1[C@@H]1O[C@@H]12. The molecule has 0 spiro atoms. The van der Waals surface area contributed by atoms with Crippen molar-refractivity contribution in [2.45, 2.75) is 62.9 Å². The third-order valence-electron chi connectivity index (χ3n) is 5.74. The second-order valence-corrected chi connectivity index (χ2v) is 7.53. The fraction of sp³-hybridized carbons (Fsp3) is 0.737. The molecule has 3 saturated heterocycles. The zero-order chi connectivity index (χ0) is 19.4. The normalized spacial score (nSPS) is 32.6. The Morgan fingerprint density at radius 3 is 2.30 bits per heavy atom. The van der Waals surface area contributed by atoms with Crippen molar-refractivity contribution in [1.29, 1.82) is 0 Å². The van der Waals surface area contributed by atoms with Crippen molar-refractivity contribution >= 4 is 17.8 Å². The van der Waals surface area contributed by atoms with Gasteiger partial charge in [-0.2, -0.15) is 0 Å². The first-order chi connectivity index (χ1) is 13.0. The largest absolute Gasteiger partial charge is 0.481 e. The molecule has 8 nitrogen and oxygen atoms in total. The third-order valence-corrected chi connectivity index (χ3v) is 5.74. The van der Waals surface area contributed by atoms with Crippen LogP contribution >= 0.6 is 0 Å². The Bertz CT molecular complexity index is 595. The van der Waals surface area contributed by atoms with E-state index in [1.165, 1.54) is 0 Å². The molecule has 27 heavy (non-hydrogen) atoms. The lowest BCUT2D eigenvalue weighted by molar-refractivity contribution is -0.137. The van der Waals surface area contributed by atoms with Crippen LogP contribution in [0.4, 0.5) is 0 Å². The van der Waals surface area contributed by atoms with E-state index in [1.54, 1.807) is 0 Å². The Hall–Kier alpha value is -1.93. The van der Waals surface area contributed by atoms with Crippen molar-refractivity contribution < 1.29 is 29.0 Å². The number of amides is 2. The Kier molecular flexibility index (Phi) is 6.49. The molecule has 8 heteroatoms. The van der Waals surface area contributed by atoms with E-state index in [0.717, 1.165) is 31.8 Å². The summed E-state index contributed by atoms with van der Waals surface area (Å²) in [7, 11) is 0. The van der Waals surface area contributed by atoms with Gasteiger partial charge in [-0.25, -0.2) is 0 Å². The average molecular weight is 380 g/mol. The molecule has 0 aromatic rings. The maximum absolute atomic E-state index is 11.9. The number of ether oxygens (including phenoxy) is 2. The summed E-state index contributed by atoms with van der Waals surface area (Å²) in [6.45, 7) is 3.80. The minimum absolute atomic E-state index is 0.0417. The van der Waals surface area contributed by atoms with E-state index in [2.05, 4.69) is 17.2 Å². The summed E-state index contributed by atoms with van der Waals surface area (Å²) in [6, 6.07) is 0. The van der Waals surface area contributed by atoms with Gasteiger partial charge in [0, 0.05) is 18.9 Å². The molecule has 3 rings (SSSR count). The van der Waals surface area contributed by atoms with E-state index < -0.39 is 5.97 Å². The summed E-state index contributed by atoms with van der Waals surface area (Å²) in [5.41, 5.74) is 0. The Balaban J connectivity index is 1.41. The summed E-state index contributed by atoms with van der Waals surface area (Å²) in [5, 5.41) is 14.0. The standard InChI is InChI=1S/C19H28N2O6/c1-2-13(22)21-10-14(23)20-9-12-11(7-5-3-4-6-8-15(24)25)16-18-19(27-18)17(12)26-16/h2,11-12,16-19H,1,3-10H2,(H,20,23)(H,21,22)(H,24,25)/t11-,12+,16+,17-,18-,19+/m1/s1. The van der Waals surface area contributed by atoms with Crippen LogP contribution in [0.3, 0.4) is 0 Å². The minimum Gasteiger partial charge on any atom is -0.481 e. The number of rotatable bonds is 12. The van der Waals surface area contributed by atoms with Crippen LogP contribution in [0.2, 0.25) is 0 Å². The molecule has 2 bridgehead atoms. The van der Waals surface area contributed by atoms with Gasteiger partial charge in [0.05, 0.1) is 18.8 Å². The predicted octanol–water partition coefficient (Wildman–Crippen LogP) is 0.611. The van der Waals surface area contributed by atoms with Crippen molar-refractivity contribution in [1.82, 2.24) is 10.6 Å². The van der Waals surface area contributed by atoms with Gasteiger partial charge in [0.25, 0.3) is 0 Å². The molecule has 0 aromatic carbocycles. The van der Waals surface area contributed by atoms with E-state index >= 15 is 0 Å². The monoisotopic (exact) mass is 380 g/mol. The van der Waals surface area contributed by atoms with E-state index in [9.17, 15) is 14.4 Å². The molecule has 3 heterocycles. The molecule has 6 atom stereocenters. The Morgan fingerprint density at radius 2 is 1.59 bits per heavy atom. The van der Waals surface area contributed by atoms with Crippen LogP contribution in [-0.2, 0) is 23.9 Å². The number of hydrogen-bond acceptors (Lipinski definition) is 5. The number of nitrogens with one attached hydrogen (secondary N) is 2. The number of hydrogen-bond donors (Lipinski definition) is 3. The van der Waals surface area contributed by atoms with Gasteiger partial charge in [0.1, 0.15) is 12.2 Å². The van der Waals surface area contributed by atoms with Gasteiger partial charge in [-0.15, -0.1) is 0 Å². The number of epoxide rings is 1. The van der Waals surface area contributed by atoms with Gasteiger partial charge < -0.3 is 25.2 Å². The lowest BCUT2D eigenvalue weighted by Gasteiger charge is -2.26. The van der Waals surface area contributed by atoms with Gasteiger partial charge >= 0.3 is 5.97 Å². The molecule has 150 valence electrons. The van der Waals surface area contributed by atoms with Gasteiger partial charge in [0.2, 0.25) is 11.8 Å². The number of carbonyl (C=O) groups excluding carboxylic acids is 2. The average Bonchev–Trinajstić information content (AvgIpc) is 3.27. The summed E-state index contributed by atoms with van der Waals surface area (Å²) in [6.07, 6.45) is 6.55. The molecule has 3 N–H and O–H groups in total. The molecule has 3 aliphatic rings. The first-order valence-electron chi connectivity index (χ1n) is 9.71. The maximum atomic E-state index is 11.9. The van der Waals surface area contributed by atoms with E-state index in [-0.39, 0.29) is 55.1 Å². The fourth-order valence-corrected chi connectivity index (χ4v) is 4.37. The summed E-state index contributed by atoms with van der Waals surface area (Å²) >= 11 is 0. The van der Waals surface area contributed by atoms with Crippen LogP contribution in [0, 0.1) is 11.8 Å². The zero-order valence-corrected chi connectivity index (χ0v) is 15.4. The highest BCUT2D eigenvalue weighted by molar-refractivity contribution is 5.90. The molecule has 0 unspecified atom stereocenters. The highest BCUT2D eigenvalue weighted by Gasteiger charge is 2.68. The number of carbonyl (C=O) groups is 3. The number of fused-ring (bicyclic) bond motifs is 5. The molecular weight excluding hydrogens is 352 g/mol. The van der Waals surface area contributed by atoms with Crippen molar-refractivity contribution in [3.63, 3.8) is 0 Å². The molecule has 2 amide bonds. The molecule has 0 aliphatic carbocycles. The third kappa shape index (κ3) is 4.87. The summed E-state index contributed by atoms with van der Waals surface area (Å²) in [5.74, 6) is -0.774. The summed E-state index contributed by atoms with van der Waals surface area (Å²) < 4.78 is 11.8. The molecule has 3 fully saturated rings. The van der Waals surface area contributed by atoms with Gasteiger partial charge in [-0.05, 0) is 24.8 Å². The highest BCUT2D eigenvalue weighted by atomic mass is 16.7. The van der Waals surface area contributed by atoms with Crippen molar-refractivity contribution in [3.05, 3.63) is 12.7 Å². The lowest BCUT2D eigenvalue weighted by Crippen LogP contribution is -2.43. The van der Waals surface area contributed by atoms with Crippen molar-refractivity contribution in [2.24, 2.45) is 11.8 Å². The van der Waals surface area contributed by atoms with Crippen molar-refractivity contribution in [3.8, 4) is 0 Å². The van der Waals surface area contributed by atoms with E-state index in [1.807, 2.05) is 0 Å². The van der Waals surface area contributed by atoms with Crippen molar-refractivity contribution in [2.75, 3.05) is 13.1 Å². The van der Waals surface area contributed by atoms with E-state index in [4.69, 9.17) is 14.6 Å². The molecular formula is C19H28N2O6. The van der Waals surface area contributed by atoms with Crippen LogP contribution < -0.4 is 10.6 Å². The first-order valence-corrected chi connectivity index (χ1v) is 9.71. The Morgan fingerprint density at radius 1 is 0.926 bits per heavy atom. The van der Waals surface area contributed by atoms with Crippen LogP contribution in [0.25, 0.3) is 0 Å². The predicted molar refractivity (Wildman–Crippen MR) is 95.9 cm³/mol. The van der Waals surface area contributed by atoms with Gasteiger partial charge in [-0.1, -0.05) is 25.8 Å². The highest BCUT2D eigenvalue weighted by Crippen LogP contribution is 2.54. The quantitative estimate of drug-likeness (QED) is 0.259. The second kappa shape index (κ2) is 8.84. The molecule has 0 aromatic heterocycles. The molecule has 0 saturated carbocycles. The second-order valence-electron chi connectivity index (χ2n) is 7.53. The van der Waals surface area contributed by atoms with Crippen LogP contribution in [-0.4, -0.2) is 60.4 Å². The van der Waals surface area contributed by atoms with Gasteiger partial charge in [0.15, 0.2) is 0 Å². The number of carboxylic acids is 1. The van der Waals surface area contributed by atoms with Crippen LogP contribution in [0.1, 0.15) is 38.5 Å². The molecule has 0 radical (unpaired) electrons. The lowest BCUT2D eigenvalue weighted by atomic mass is 9.76. The fourth-order valence-electron chi connectivity index (χ4n) is 4.37. The van der Waals surface area contributed by atoms with E-state index in [0.29, 0.717) is 18.9 Å². The van der Waals surface area contributed by atoms with Crippen LogP contribution in [0.5, 0.6) is 0 Å². The first kappa shape index (κ1) is 19.8. The zero-order valence-electron chi connectivity index (χ0n) is 15.4. The van der Waals surface area contributed by atoms with Gasteiger partial charge in [-0.3, -0.25) is 14.4 Å². The topological polar surface area (TPSA) is 117 Å². The Labute approximate surface area is 158 Å². The number of carboxylic acid groups (broad SMARTS) is 1. The minimum atomic E-state index is -0.742.